The van der Waals surface area contributed by atoms with Crippen LogP contribution in [-0.2, 0) is 9.53 Å². The van der Waals surface area contributed by atoms with E-state index in [2.05, 4.69) is 5.32 Å². The number of hydrogen-bond acceptors (Lipinski definition) is 5. The summed E-state index contributed by atoms with van der Waals surface area (Å²) >= 11 is 0. The number of halogens is 5. The summed E-state index contributed by atoms with van der Waals surface area (Å²) in [5, 5.41) is 14.1. The number of aliphatic hydroxyl groups is 1. The summed E-state index contributed by atoms with van der Waals surface area (Å²) in [4.78, 5) is 37.6. The average molecular weight is 644 g/mol. The number of carbonyl (C=O) groups excluding carboxylic acids is 3. The molecule has 1 amide bonds. The number of allylic oxidation sites excluding steroid dienone is 4. The highest BCUT2D eigenvalue weighted by Gasteiger charge is 2.79. The molecule has 0 aliphatic heterocycles. The molecule has 6 nitrogen and oxygen atoms in total. The lowest BCUT2D eigenvalue weighted by Gasteiger charge is -2.56. The van der Waals surface area contributed by atoms with Crippen LogP contribution >= 0.6 is 0 Å². The molecule has 4 aliphatic rings. The largest absolute Gasteiger partial charge is 0.465 e. The van der Waals surface area contributed by atoms with Gasteiger partial charge in [-0.15, -0.1) is 0 Å². The van der Waals surface area contributed by atoms with Gasteiger partial charge >= 0.3 is 18.1 Å². The van der Waals surface area contributed by atoms with Crippen molar-refractivity contribution in [3.05, 3.63) is 88.0 Å². The summed E-state index contributed by atoms with van der Waals surface area (Å²) in [6, 6.07) is 12.7. The minimum atomic E-state index is -5.93. The van der Waals surface area contributed by atoms with E-state index in [1.807, 2.05) is 0 Å². The number of para-hydroxylation sites is 1. The summed E-state index contributed by atoms with van der Waals surface area (Å²) in [5.41, 5.74) is -1.06. The van der Waals surface area contributed by atoms with Crippen LogP contribution in [0, 0.1) is 17.3 Å². The van der Waals surface area contributed by atoms with Gasteiger partial charge in [-0.1, -0.05) is 36.8 Å². The third-order valence-electron chi connectivity index (χ3n) is 10.9. The van der Waals surface area contributed by atoms with E-state index in [0.717, 1.165) is 16.7 Å². The summed E-state index contributed by atoms with van der Waals surface area (Å²) in [6.45, 7) is 1.37. The summed E-state index contributed by atoms with van der Waals surface area (Å²) in [5.74, 6) is -8.06. The molecule has 0 aromatic heterocycles. The Balaban J connectivity index is 1.40. The number of alkyl halides is 5. The fourth-order valence-corrected chi connectivity index (χ4v) is 8.66. The molecular formula is C35H34F5NO5. The van der Waals surface area contributed by atoms with Crippen LogP contribution in [0.25, 0.3) is 0 Å². The fraction of sp³-hybridized carbons (Fsp3) is 0.457. The van der Waals surface area contributed by atoms with E-state index >= 15 is 8.78 Å². The van der Waals surface area contributed by atoms with Crippen LogP contribution in [0.2, 0.25) is 0 Å². The zero-order chi connectivity index (χ0) is 33.2. The third kappa shape index (κ3) is 4.80. The maximum Gasteiger partial charge on any atom is 0.456 e. The van der Waals surface area contributed by atoms with Gasteiger partial charge in [-0.25, -0.2) is 4.79 Å². The summed E-state index contributed by atoms with van der Waals surface area (Å²) in [6.07, 6.45) is -3.40. The van der Waals surface area contributed by atoms with Crippen molar-refractivity contribution in [3.8, 4) is 0 Å². The van der Waals surface area contributed by atoms with Crippen molar-refractivity contribution in [1.29, 1.82) is 0 Å². The normalized spacial score (nSPS) is 29.3. The molecule has 11 heteroatoms. The molecule has 0 radical (unpaired) electrons. The first-order valence-electron chi connectivity index (χ1n) is 15.3. The molecule has 0 bridgehead atoms. The first kappa shape index (κ1) is 32.1. The van der Waals surface area contributed by atoms with E-state index in [0.29, 0.717) is 24.8 Å². The fourth-order valence-electron chi connectivity index (χ4n) is 8.66. The van der Waals surface area contributed by atoms with Crippen molar-refractivity contribution in [3.63, 3.8) is 0 Å². The van der Waals surface area contributed by atoms with Crippen LogP contribution < -0.4 is 5.32 Å². The van der Waals surface area contributed by atoms with Crippen molar-refractivity contribution >= 4 is 23.3 Å². The van der Waals surface area contributed by atoms with Crippen LogP contribution in [-0.4, -0.2) is 47.6 Å². The van der Waals surface area contributed by atoms with Crippen LogP contribution in [0.5, 0.6) is 0 Å². The maximum atomic E-state index is 15.2. The SMILES string of the molecule is COC(=O)c1ccccc1NC(=O)c1ccc(C2CC3(C)[C@@H](CC[C@@]3(O)C(F)(F)C(F)(F)F)C3CCC4=CC(=O)CCC4=C23)cc1. The standard InChI is InChI=1S/C35H34F5NO5/c1-32-18-26(19-7-9-20(10-8-19)30(43)41-28-6-4-3-5-25(28)31(44)46-2)29-23-14-12-22(42)17-21(23)11-13-24(29)27(32)15-16-33(32,45)34(36,37)35(38,39)40/h3-10,17,24,26-27,45H,11-16,18H2,1-2H3,(H,41,43)/t24?,26?,27-,32?,33-/m0/s1. The number of nitrogens with one attached hydrogen (secondary N) is 1. The molecule has 2 aromatic rings. The molecular weight excluding hydrogens is 609 g/mol. The van der Waals surface area contributed by atoms with Gasteiger partial charge in [0.15, 0.2) is 5.78 Å². The molecule has 0 spiro atoms. The van der Waals surface area contributed by atoms with E-state index in [-0.39, 0.29) is 47.8 Å². The number of esters is 1. The molecule has 244 valence electrons. The predicted octanol–water partition coefficient (Wildman–Crippen LogP) is 7.55. The van der Waals surface area contributed by atoms with Gasteiger partial charge in [0.1, 0.15) is 5.60 Å². The molecule has 0 saturated heterocycles. The van der Waals surface area contributed by atoms with Gasteiger partial charge in [0.25, 0.3) is 5.91 Å². The smallest absolute Gasteiger partial charge is 0.456 e. The molecule has 6 rings (SSSR count). The van der Waals surface area contributed by atoms with Crippen LogP contribution in [0.3, 0.4) is 0 Å². The van der Waals surface area contributed by atoms with Crippen molar-refractivity contribution in [2.75, 3.05) is 12.4 Å². The quantitative estimate of drug-likeness (QED) is 0.259. The summed E-state index contributed by atoms with van der Waals surface area (Å²) < 4.78 is 76.7. The molecule has 3 unspecified atom stereocenters. The number of ether oxygens (including phenoxy) is 1. The number of anilines is 1. The lowest BCUT2D eigenvalue weighted by atomic mass is 9.50. The average Bonchev–Trinajstić information content (AvgIpc) is 3.31. The number of carbonyl (C=O) groups is 3. The van der Waals surface area contributed by atoms with Crippen molar-refractivity contribution < 1.29 is 46.2 Å². The number of fused-ring (bicyclic) bond motifs is 4. The van der Waals surface area contributed by atoms with E-state index in [1.165, 1.54) is 32.2 Å². The molecule has 2 fully saturated rings. The third-order valence-corrected chi connectivity index (χ3v) is 10.9. The monoisotopic (exact) mass is 643 g/mol. The number of methoxy groups -OCH3 is 1. The highest BCUT2D eigenvalue weighted by molar-refractivity contribution is 6.08. The number of benzene rings is 2. The Hall–Kier alpha value is -3.86. The number of amides is 1. The van der Waals surface area contributed by atoms with Gasteiger partial charge in [-0.05, 0) is 97.4 Å². The Morgan fingerprint density at radius 3 is 2.35 bits per heavy atom. The number of ketones is 1. The van der Waals surface area contributed by atoms with Crippen LogP contribution in [0.1, 0.15) is 84.1 Å². The second kappa shape index (κ2) is 11.1. The predicted molar refractivity (Wildman–Crippen MR) is 158 cm³/mol. The van der Waals surface area contributed by atoms with Crippen molar-refractivity contribution in [2.24, 2.45) is 17.3 Å². The highest BCUT2D eigenvalue weighted by atomic mass is 19.4. The van der Waals surface area contributed by atoms with Gasteiger partial charge in [0.2, 0.25) is 0 Å². The number of hydrogen-bond donors (Lipinski definition) is 2. The molecule has 5 atom stereocenters. The molecule has 46 heavy (non-hydrogen) atoms. The van der Waals surface area contributed by atoms with E-state index in [9.17, 15) is 32.7 Å². The van der Waals surface area contributed by atoms with E-state index in [1.54, 1.807) is 36.4 Å². The summed E-state index contributed by atoms with van der Waals surface area (Å²) in [7, 11) is 1.22. The first-order chi connectivity index (χ1) is 21.6. The zero-order valence-corrected chi connectivity index (χ0v) is 25.3. The second-order valence-electron chi connectivity index (χ2n) is 13.1. The lowest BCUT2D eigenvalue weighted by Crippen LogP contribution is -2.65. The van der Waals surface area contributed by atoms with Crippen LogP contribution in [0.4, 0.5) is 27.6 Å². The molecule has 0 heterocycles. The van der Waals surface area contributed by atoms with Gasteiger partial charge in [-0.2, -0.15) is 22.0 Å². The molecule has 4 aliphatic carbocycles. The topological polar surface area (TPSA) is 92.7 Å². The Kier molecular flexibility index (Phi) is 7.77. The van der Waals surface area contributed by atoms with Crippen molar-refractivity contribution in [2.45, 2.75) is 75.5 Å². The van der Waals surface area contributed by atoms with E-state index in [4.69, 9.17) is 4.74 Å². The van der Waals surface area contributed by atoms with Gasteiger partial charge in [0.05, 0.1) is 18.4 Å². The van der Waals surface area contributed by atoms with Gasteiger partial charge in [-0.3, -0.25) is 9.59 Å². The van der Waals surface area contributed by atoms with Crippen molar-refractivity contribution in [1.82, 2.24) is 0 Å². The Morgan fingerprint density at radius 2 is 1.67 bits per heavy atom. The Morgan fingerprint density at radius 1 is 0.978 bits per heavy atom. The van der Waals surface area contributed by atoms with Crippen LogP contribution in [0.15, 0.2) is 71.3 Å². The maximum absolute atomic E-state index is 15.2. The van der Waals surface area contributed by atoms with Gasteiger partial charge in [0, 0.05) is 23.3 Å². The Labute approximate surface area is 262 Å². The number of rotatable bonds is 5. The molecule has 2 N–H and O–H groups in total. The Bertz CT molecular complexity index is 1660. The molecule has 2 saturated carbocycles. The minimum absolute atomic E-state index is 0.000744. The minimum Gasteiger partial charge on any atom is -0.465 e. The van der Waals surface area contributed by atoms with E-state index < -0.39 is 53.2 Å². The zero-order valence-electron chi connectivity index (χ0n) is 25.3. The first-order valence-corrected chi connectivity index (χ1v) is 15.3. The lowest BCUT2D eigenvalue weighted by molar-refractivity contribution is -0.362. The molecule has 2 aromatic carbocycles. The highest BCUT2D eigenvalue weighted by Crippen LogP contribution is 2.70. The van der Waals surface area contributed by atoms with Gasteiger partial charge < -0.3 is 15.2 Å². The second-order valence-corrected chi connectivity index (χ2v) is 13.1.